The van der Waals surface area contributed by atoms with Crippen molar-refractivity contribution in [1.82, 2.24) is 15.1 Å². The number of rotatable bonds is 8. The van der Waals surface area contributed by atoms with Crippen LogP contribution in [0.15, 0.2) is 0 Å². The van der Waals surface area contributed by atoms with Crippen LogP contribution in [-0.4, -0.2) is 22.4 Å². The van der Waals surface area contributed by atoms with Gasteiger partial charge in [-0.15, -0.1) is 0 Å². The van der Waals surface area contributed by atoms with Gasteiger partial charge in [-0.2, -0.15) is 5.10 Å². The van der Waals surface area contributed by atoms with E-state index in [1.54, 1.807) is 0 Å². The van der Waals surface area contributed by atoms with Gasteiger partial charge in [-0.25, -0.2) is 0 Å². The van der Waals surface area contributed by atoms with Crippen LogP contribution in [0.1, 0.15) is 51.4 Å². The molecule has 1 fully saturated rings. The SMILES string of the molecule is CCCNC(Cc1c(Cl)c(C)nn1CC)C(C)C1CC1. The highest BCUT2D eigenvalue weighted by Crippen LogP contribution is 2.39. The highest BCUT2D eigenvalue weighted by atomic mass is 35.5. The summed E-state index contributed by atoms with van der Waals surface area (Å²) in [4.78, 5) is 0. The van der Waals surface area contributed by atoms with Gasteiger partial charge in [0, 0.05) is 19.0 Å². The maximum absolute atomic E-state index is 6.46. The van der Waals surface area contributed by atoms with Crippen LogP contribution in [0.3, 0.4) is 0 Å². The molecule has 1 aromatic heterocycles. The van der Waals surface area contributed by atoms with E-state index in [0.29, 0.717) is 6.04 Å². The third-order valence-corrected chi connectivity index (χ3v) is 5.01. The van der Waals surface area contributed by atoms with Crippen molar-refractivity contribution in [3.8, 4) is 0 Å². The molecule has 1 heterocycles. The first-order valence-electron chi connectivity index (χ1n) is 8.03. The molecule has 0 amide bonds. The fraction of sp³-hybridized carbons (Fsp3) is 0.812. The fourth-order valence-electron chi connectivity index (χ4n) is 3.00. The average Bonchev–Trinajstić information content (AvgIpc) is 3.25. The van der Waals surface area contributed by atoms with Crippen LogP contribution in [0.2, 0.25) is 5.02 Å². The van der Waals surface area contributed by atoms with Gasteiger partial charge in [0.05, 0.1) is 16.4 Å². The molecule has 114 valence electrons. The first-order chi connectivity index (χ1) is 9.58. The second kappa shape index (κ2) is 6.95. The van der Waals surface area contributed by atoms with Crippen LogP contribution in [0.5, 0.6) is 0 Å². The molecule has 0 radical (unpaired) electrons. The molecule has 0 saturated heterocycles. The lowest BCUT2D eigenvalue weighted by atomic mass is 9.92. The van der Waals surface area contributed by atoms with Gasteiger partial charge in [0.2, 0.25) is 0 Å². The molecule has 1 aliphatic carbocycles. The van der Waals surface area contributed by atoms with Crippen molar-refractivity contribution in [1.29, 1.82) is 0 Å². The summed E-state index contributed by atoms with van der Waals surface area (Å²) in [6.45, 7) is 10.7. The smallest absolute Gasteiger partial charge is 0.0847 e. The average molecular weight is 298 g/mol. The molecule has 4 heteroatoms. The molecule has 2 rings (SSSR count). The van der Waals surface area contributed by atoms with Crippen molar-refractivity contribution in [3.05, 3.63) is 16.4 Å². The van der Waals surface area contributed by atoms with Gasteiger partial charge in [0.25, 0.3) is 0 Å². The third-order valence-electron chi connectivity index (χ3n) is 4.52. The topological polar surface area (TPSA) is 29.9 Å². The molecule has 20 heavy (non-hydrogen) atoms. The van der Waals surface area contributed by atoms with E-state index >= 15 is 0 Å². The lowest BCUT2D eigenvalue weighted by molar-refractivity contribution is 0.333. The second-order valence-corrected chi connectivity index (χ2v) is 6.50. The summed E-state index contributed by atoms with van der Waals surface area (Å²) in [5, 5.41) is 9.13. The zero-order valence-corrected chi connectivity index (χ0v) is 14.0. The van der Waals surface area contributed by atoms with Gasteiger partial charge in [0.1, 0.15) is 0 Å². The molecule has 0 aromatic carbocycles. The zero-order chi connectivity index (χ0) is 14.7. The summed E-state index contributed by atoms with van der Waals surface area (Å²) in [5.74, 6) is 1.63. The van der Waals surface area contributed by atoms with Crippen LogP contribution < -0.4 is 5.32 Å². The molecule has 0 aliphatic heterocycles. The highest BCUT2D eigenvalue weighted by Gasteiger charge is 2.34. The maximum Gasteiger partial charge on any atom is 0.0847 e. The Hall–Kier alpha value is -0.540. The number of halogens is 1. The molecule has 0 bridgehead atoms. The number of hydrogen-bond donors (Lipinski definition) is 1. The Balaban J connectivity index is 2.13. The quantitative estimate of drug-likeness (QED) is 0.790. The van der Waals surface area contributed by atoms with Gasteiger partial charge in [-0.05, 0) is 51.5 Å². The van der Waals surface area contributed by atoms with Crippen molar-refractivity contribution >= 4 is 11.6 Å². The monoisotopic (exact) mass is 297 g/mol. The first kappa shape index (κ1) is 15.8. The van der Waals surface area contributed by atoms with Gasteiger partial charge in [0.15, 0.2) is 0 Å². The van der Waals surface area contributed by atoms with E-state index < -0.39 is 0 Å². The maximum atomic E-state index is 6.46. The molecule has 3 nitrogen and oxygen atoms in total. The number of aromatic nitrogens is 2. The predicted molar refractivity (Wildman–Crippen MR) is 85.3 cm³/mol. The van der Waals surface area contributed by atoms with E-state index in [4.69, 9.17) is 11.6 Å². The van der Waals surface area contributed by atoms with Crippen molar-refractivity contribution in [2.24, 2.45) is 11.8 Å². The van der Waals surface area contributed by atoms with E-state index in [-0.39, 0.29) is 0 Å². The van der Waals surface area contributed by atoms with Crippen LogP contribution in [0, 0.1) is 18.8 Å². The van der Waals surface area contributed by atoms with Crippen LogP contribution in [0.25, 0.3) is 0 Å². The van der Waals surface area contributed by atoms with E-state index in [0.717, 1.165) is 42.1 Å². The summed E-state index contributed by atoms with van der Waals surface area (Å²) >= 11 is 6.46. The van der Waals surface area contributed by atoms with Gasteiger partial charge in [-0.3, -0.25) is 4.68 Å². The number of hydrogen-bond acceptors (Lipinski definition) is 2. The minimum Gasteiger partial charge on any atom is -0.313 e. The molecular weight excluding hydrogens is 270 g/mol. The lowest BCUT2D eigenvalue weighted by Gasteiger charge is -2.25. The summed E-state index contributed by atoms with van der Waals surface area (Å²) in [7, 11) is 0. The van der Waals surface area contributed by atoms with Crippen molar-refractivity contribution in [2.75, 3.05) is 6.54 Å². The number of aryl methyl sites for hydroxylation is 2. The standard InChI is InChI=1S/C16H28ClN3/c1-5-9-18-14(11(3)13-7-8-13)10-15-16(17)12(4)19-20(15)6-2/h11,13-14,18H,5-10H2,1-4H3. The lowest BCUT2D eigenvalue weighted by Crippen LogP contribution is -2.39. The summed E-state index contributed by atoms with van der Waals surface area (Å²) in [5.41, 5.74) is 2.16. The zero-order valence-electron chi connectivity index (χ0n) is 13.2. The first-order valence-corrected chi connectivity index (χ1v) is 8.41. The predicted octanol–water partition coefficient (Wildman–Crippen LogP) is 3.82. The normalized spacial score (nSPS) is 18.2. The largest absolute Gasteiger partial charge is 0.313 e. The summed E-state index contributed by atoms with van der Waals surface area (Å²) in [6.07, 6.45) is 4.95. The van der Waals surface area contributed by atoms with Crippen LogP contribution in [-0.2, 0) is 13.0 Å². The van der Waals surface area contributed by atoms with E-state index in [2.05, 4.69) is 35.9 Å². The summed E-state index contributed by atoms with van der Waals surface area (Å²) in [6, 6.07) is 0.515. The van der Waals surface area contributed by atoms with Crippen molar-refractivity contribution in [3.63, 3.8) is 0 Å². The Kier molecular flexibility index (Phi) is 5.50. The molecule has 2 atom stereocenters. The van der Waals surface area contributed by atoms with Gasteiger partial charge < -0.3 is 5.32 Å². The Bertz CT molecular complexity index is 437. The van der Waals surface area contributed by atoms with E-state index in [9.17, 15) is 0 Å². The number of nitrogens with one attached hydrogen (secondary N) is 1. The second-order valence-electron chi connectivity index (χ2n) is 6.12. The third kappa shape index (κ3) is 3.56. The molecule has 1 aliphatic rings. The number of nitrogens with zero attached hydrogens (tertiary/aromatic N) is 2. The van der Waals surface area contributed by atoms with Crippen molar-refractivity contribution < 1.29 is 0 Å². The Morgan fingerprint density at radius 3 is 2.65 bits per heavy atom. The molecule has 1 N–H and O–H groups in total. The fourth-order valence-corrected chi connectivity index (χ4v) is 3.21. The van der Waals surface area contributed by atoms with Gasteiger partial charge in [-0.1, -0.05) is 25.4 Å². The molecule has 0 spiro atoms. The summed E-state index contributed by atoms with van der Waals surface area (Å²) < 4.78 is 2.07. The Morgan fingerprint density at radius 2 is 2.10 bits per heavy atom. The highest BCUT2D eigenvalue weighted by molar-refractivity contribution is 6.31. The van der Waals surface area contributed by atoms with Crippen LogP contribution in [0.4, 0.5) is 0 Å². The van der Waals surface area contributed by atoms with Crippen LogP contribution >= 0.6 is 11.6 Å². The molecule has 1 saturated carbocycles. The van der Waals surface area contributed by atoms with E-state index in [1.165, 1.54) is 25.0 Å². The van der Waals surface area contributed by atoms with Gasteiger partial charge >= 0.3 is 0 Å². The van der Waals surface area contributed by atoms with Crippen molar-refractivity contribution in [2.45, 2.75) is 66.0 Å². The molecule has 2 unspecified atom stereocenters. The molecule has 1 aromatic rings. The molecular formula is C16H28ClN3. The minimum atomic E-state index is 0.515. The Labute approximate surface area is 128 Å². The minimum absolute atomic E-state index is 0.515. The van der Waals surface area contributed by atoms with E-state index in [1.807, 2.05) is 6.92 Å². The Morgan fingerprint density at radius 1 is 1.40 bits per heavy atom.